The van der Waals surface area contributed by atoms with Crippen LogP contribution in [0.4, 0.5) is 0 Å². The van der Waals surface area contributed by atoms with Crippen molar-refractivity contribution in [3.05, 3.63) is 30.0 Å². The lowest BCUT2D eigenvalue weighted by Crippen LogP contribution is -2.58. The first-order valence-corrected chi connectivity index (χ1v) is 8.29. The highest BCUT2D eigenvalue weighted by molar-refractivity contribution is 6.06. The van der Waals surface area contributed by atoms with Gasteiger partial charge in [0.1, 0.15) is 0 Å². The van der Waals surface area contributed by atoms with Gasteiger partial charge in [-0.2, -0.15) is 5.10 Å². The first-order valence-electron chi connectivity index (χ1n) is 8.29. The number of nitrogens with zero attached hydrogens (tertiary/aromatic N) is 4. The van der Waals surface area contributed by atoms with Crippen LogP contribution in [-0.2, 0) is 6.54 Å². The molecule has 0 N–H and O–H groups in total. The van der Waals surface area contributed by atoms with Gasteiger partial charge in [-0.25, -0.2) is 0 Å². The Hall–Kier alpha value is -1.59. The predicted octanol–water partition coefficient (Wildman–Crippen LogP) is 2.01. The van der Waals surface area contributed by atoms with Crippen molar-refractivity contribution in [3.63, 3.8) is 0 Å². The highest BCUT2D eigenvalue weighted by atomic mass is 35.5. The third kappa shape index (κ3) is 2.17. The molecule has 0 radical (unpaired) electrons. The van der Waals surface area contributed by atoms with Gasteiger partial charge < -0.3 is 9.80 Å². The Kier molecular flexibility index (Phi) is 3.58. The Balaban J connectivity index is 0.00000135. The fourth-order valence-corrected chi connectivity index (χ4v) is 4.55. The highest BCUT2D eigenvalue weighted by Gasteiger charge is 2.40. The molecule has 1 atom stereocenters. The largest absolute Gasteiger partial charge is 0.332 e. The van der Waals surface area contributed by atoms with Gasteiger partial charge in [-0.05, 0) is 37.9 Å². The summed E-state index contributed by atoms with van der Waals surface area (Å²) in [5.74, 6) is 0.877. The molecule has 1 aromatic heterocycles. The smallest absolute Gasteiger partial charge is 0.256 e. The van der Waals surface area contributed by atoms with Crippen LogP contribution < -0.4 is 0 Å². The Bertz CT molecular complexity index is 750. The highest BCUT2D eigenvalue weighted by Crippen LogP contribution is 2.33. The molecule has 6 heteroatoms. The van der Waals surface area contributed by atoms with Crippen LogP contribution in [0.15, 0.2) is 24.4 Å². The van der Waals surface area contributed by atoms with E-state index in [1.807, 2.05) is 29.1 Å². The summed E-state index contributed by atoms with van der Waals surface area (Å²) in [6, 6.07) is 6.36. The molecule has 4 aliphatic heterocycles. The number of piperidine rings is 3. The molecular weight excluding hydrogens is 312 g/mol. The fraction of sp³-hybridized carbons (Fsp3) is 0.529. The van der Waals surface area contributed by atoms with Crippen molar-refractivity contribution in [2.75, 3.05) is 26.2 Å². The summed E-state index contributed by atoms with van der Waals surface area (Å²) in [4.78, 5) is 17.8. The van der Waals surface area contributed by atoms with Gasteiger partial charge in [-0.1, -0.05) is 12.1 Å². The number of para-hydroxylation sites is 1. The molecule has 0 spiro atoms. The molecule has 0 aliphatic carbocycles. The standard InChI is InChI=1S/C17H20N4O.ClH/c22-17-14-3-1-2-13-10-18-21(16(13)14)9-8-20(17)15-11-19-6-4-12(15)5-7-19;/h1-3,10,12,15H,4-9,11H2;1H/t15-;/m1./s1. The Morgan fingerprint density at radius 1 is 1.09 bits per heavy atom. The number of carbonyl (C=O) groups excluding carboxylic acids is 1. The Morgan fingerprint density at radius 3 is 2.65 bits per heavy atom. The van der Waals surface area contributed by atoms with Crippen LogP contribution in [0.5, 0.6) is 0 Å². The first-order chi connectivity index (χ1) is 10.8. The van der Waals surface area contributed by atoms with Gasteiger partial charge in [0.25, 0.3) is 5.91 Å². The molecule has 6 rings (SSSR count). The number of aromatic nitrogens is 2. The molecule has 122 valence electrons. The minimum atomic E-state index is 0. The van der Waals surface area contributed by atoms with Crippen LogP contribution in [0.1, 0.15) is 23.2 Å². The van der Waals surface area contributed by atoms with Gasteiger partial charge in [0.05, 0.1) is 23.8 Å². The van der Waals surface area contributed by atoms with E-state index in [0.29, 0.717) is 12.0 Å². The second kappa shape index (κ2) is 5.49. The third-order valence-corrected chi connectivity index (χ3v) is 5.73. The fourth-order valence-electron chi connectivity index (χ4n) is 4.55. The van der Waals surface area contributed by atoms with Crippen LogP contribution in [0.2, 0.25) is 0 Å². The van der Waals surface area contributed by atoms with Crippen LogP contribution in [0, 0.1) is 5.92 Å². The van der Waals surface area contributed by atoms with Gasteiger partial charge >= 0.3 is 0 Å². The zero-order chi connectivity index (χ0) is 14.7. The number of halogens is 1. The summed E-state index contributed by atoms with van der Waals surface area (Å²) < 4.78 is 2.00. The van der Waals surface area contributed by atoms with Crippen molar-refractivity contribution in [2.24, 2.45) is 5.92 Å². The summed E-state index contributed by atoms with van der Waals surface area (Å²) in [7, 11) is 0. The number of amides is 1. The number of hydrogen-bond acceptors (Lipinski definition) is 3. The quantitative estimate of drug-likeness (QED) is 0.802. The summed E-state index contributed by atoms with van der Waals surface area (Å²) >= 11 is 0. The van der Waals surface area contributed by atoms with Gasteiger partial charge in [0.2, 0.25) is 0 Å². The molecule has 0 unspecified atom stereocenters. The van der Waals surface area contributed by atoms with Crippen molar-refractivity contribution in [3.8, 4) is 0 Å². The van der Waals surface area contributed by atoms with Crippen LogP contribution in [-0.4, -0.2) is 57.7 Å². The maximum absolute atomic E-state index is 13.2. The lowest BCUT2D eigenvalue weighted by atomic mass is 9.83. The minimum absolute atomic E-state index is 0. The number of rotatable bonds is 1. The van der Waals surface area contributed by atoms with Crippen LogP contribution in [0.3, 0.4) is 0 Å². The summed E-state index contributed by atoms with van der Waals surface area (Å²) in [5, 5.41) is 5.55. The molecule has 23 heavy (non-hydrogen) atoms. The second-order valence-electron chi connectivity index (χ2n) is 6.82. The summed E-state index contributed by atoms with van der Waals surface area (Å²) in [6.45, 7) is 5.05. The second-order valence-corrected chi connectivity index (χ2v) is 6.82. The predicted molar refractivity (Wildman–Crippen MR) is 91.0 cm³/mol. The monoisotopic (exact) mass is 332 g/mol. The topological polar surface area (TPSA) is 41.4 Å². The summed E-state index contributed by atoms with van der Waals surface area (Å²) in [6.07, 6.45) is 4.35. The number of fused-ring (bicyclic) bond motifs is 3. The van der Waals surface area contributed by atoms with E-state index in [1.165, 1.54) is 25.9 Å². The lowest BCUT2D eigenvalue weighted by Gasteiger charge is -2.48. The van der Waals surface area contributed by atoms with E-state index in [4.69, 9.17) is 0 Å². The van der Waals surface area contributed by atoms with Crippen molar-refractivity contribution >= 4 is 29.2 Å². The number of carbonyl (C=O) groups is 1. The van der Waals surface area contributed by atoms with Gasteiger partial charge in [-0.15, -0.1) is 12.4 Å². The average Bonchev–Trinajstić information content (AvgIpc) is 2.93. The molecule has 1 amide bonds. The van der Waals surface area contributed by atoms with Gasteiger partial charge in [-0.3, -0.25) is 9.48 Å². The number of benzene rings is 1. The van der Waals surface area contributed by atoms with E-state index in [2.05, 4.69) is 14.9 Å². The molecular formula is C17H21ClN4O. The molecule has 2 bridgehead atoms. The SMILES string of the molecule is Cl.O=C1c2cccc3cnn(c23)CCN1[C@@H]1CN2CCC1CC2. The summed E-state index contributed by atoms with van der Waals surface area (Å²) in [5.41, 5.74) is 1.83. The zero-order valence-corrected chi connectivity index (χ0v) is 13.8. The molecule has 5 heterocycles. The maximum atomic E-state index is 13.2. The molecule has 4 aliphatic rings. The van der Waals surface area contributed by atoms with Crippen molar-refractivity contribution in [2.45, 2.75) is 25.4 Å². The maximum Gasteiger partial charge on any atom is 0.256 e. The molecule has 3 fully saturated rings. The van der Waals surface area contributed by atoms with E-state index in [-0.39, 0.29) is 18.3 Å². The van der Waals surface area contributed by atoms with E-state index < -0.39 is 0 Å². The van der Waals surface area contributed by atoms with Crippen LogP contribution >= 0.6 is 12.4 Å². The Morgan fingerprint density at radius 2 is 1.91 bits per heavy atom. The molecule has 0 saturated carbocycles. The van der Waals surface area contributed by atoms with Crippen molar-refractivity contribution < 1.29 is 4.79 Å². The van der Waals surface area contributed by atoms with E-state index in [9.17, 15) is 4.79 Å². The zero-order valence-electron chi connectivity index (χ0n) is 13.0. The average molecular weight is 333 g/mol. The third-order valence-electron chi connectivity index (χ3n) is 5.73. The van der Waals surface area contributed by atoms with Crippen LogP contribution in [0.25, 0.3) is 10.9 Å². The number of hydrogen-bond donors (Lipinski definition) is 0. The van der Waals surface area contributed by atoms with E-state index in [0.717, 1.165) is 36.1 Å². The van der Waals surface area contributed by atoms with E-state index >= 15 is 0 Å². The minimum Gasteiger partial charge on any atom is -0.332 e. The molecule has 5 nitrogen and oxygen atoms in total. The van der Waals surface area contributed by atoms with Crippen molar-refractivity contribution in [1.82, 2.24) is 19.6 Å². The molecule has 2 aromatic rings. The van der Waals surface area contributed by atoms with Gasteiger partial charge in [0.15, 0.2) is 0 Å². The molecule has 1 aromatic carbocycles. The lowest BCUT2D eigenvalue weighted by molar-refractivity contribution is 0.00707. The van der Waals surface area contributed by atoms with Crippen molar-refractivity contribution in [1.29, 1.82) is 0 Å². The molecule has 3 saturated heterocycles. The van der Waals surface area contributed by atoms with Gasteiger partial charge in [0, 0.05) is 24.5 Å². The Labute approximate surface area is 141 Å². The normalized spacial score (nSPS) is 29.5. The first kappa shape index (κ1) is 15.0. The van der Waals surface area contributed by atoms with E-state index in [1.54, 1.807) is 0 Å².